The summed E-state index contributed by atoms with van der Waals surface area (Å²) in [6.45, 7) is 2.28. The Morgan fingerprint density at radius 3 is 1.85 bits per heavy atom. The van der Waals surface area contributed by atoms with Crippen LogP contribution in [-0.4, -0.2) is 5.17 Å². The van der Waals surface area contributed by atoms with Crippen LogP contribution in [0.3, 0.4) is 0 Å². The van der Waals surface area contributed by atoms with Gasteiger partial charge in [-0.15, -0.1) is 0 Å². The molecule has 146 valence electrons. The maximum atomic E-state index is 6.31. The number of rotatable bonds is 13. The Labute approximate surface area is 170 Å². The molecule has 0 aliphatic rings. The maximum Gasteiger partial charge on any atom is 0.136 e. The van der Waals surface area contributed by atoms with E-state index in [1.165, 1.54) is 69.8 Å². The molecule has 2 rings (SSSR count). The average molecular weight is 384 g/mol. The average Bonchev–Trinajstić information content (AvgIpc) is 2.71. The summed E-state index contributed by atoms with van der Waals surface area (Å²) in [5.74, 6) is 0. The first-order valence-electron chi connectivity index (χ1n) is 10.7. The fourth-order valence-electron chi connectivity index (χ4n) is 3.31. The summed E-state index contributed by atoms with van der Waals surface area (Å²) in [7, 11) is 0. The van der Waals surface area contributed by atoms with Crippen LogP contribution in [0.15, 0.2) is 59.6 Å². The van der Waals surface area contributed by atoms with Gasteiger partial charge in [-0.05, 0) is 30.5 Å². The molecule has 0 aromatic heterocycles. The second-order valence-electron chi connectivity index (χ2n) is 7.37. The third-order valence-electron chi connectivity index (χ3n) is 4.99. The van der Waals surface area contributed by atoms with E-state index in [4.69, 9.17) is 11.6 Å². The van der Waals surface area contributed by atoms with Crippen molar-refractivity contribution >= 4 is 22.5 Å². The van der Waals surface area contributed by atoms with E-state index in [0.717, 1.165) is 17.7 Å². The molecule has 0 aliphatic carbocycles. The Morgan fingerprint density at radius 2 is 1.26 bits per heavy atom. The molecule has 0 N–H and O–H groups in total. The second-order valence-corrected chi connectivity index (χ2v) is 7.73. The summed E-state index contributed by atoms with van der Waals surface area (Å²) in [5, 5.41) is 0.540. The fraction of sp³-hybridized carbons (Fsp3) is 0.480. The van der Waals surface area contributed by atoms with Gasteiger partial charge in [0.25, 0.3) is 0 Å². The lowest BCUT2D eigenvalue weighted by atomic mass is 10.0. The third kappa shape index (κ3) is 9.24. The topological polar surface area (TPSA) is 12.4 Å². The van der Waals surface area contributed by atoms with Crippen LogP contribution in [0, 0.1) is 0 Å². The fourth-order valence-corrected chi connectivity index (χ4v) is 3.53. The van der Waals surface area contributed by atoms with Crippen LogP contribution in [0.5, 0.6) is 0 Å². The van der Waals surface area contributed by atoms with Gasteiger partial charge in [-0.2, -0.15) is 0 Å². The zero-order chi connectivity index (χ0) is 19.2. The summed E-state index contributed by atoms with van der Waals surface area (Å²) in [6, 6.07) is 18.4. The number of nitrogens with zero attached hydrogens (tertiary/aromatic N) is 1. The van der Waals surface area contributed by atoms with Crippen molar-refractivity contribution in [3.05, 3.63) is 65.7 Å². The number of unbranched alkanes of at least 4 members (excludes halogenated alkanes) is 9. The van der Waals surface area contributed by atoms with Gasteiger partial charge in [0.15, 0.2) is 0 Å². The van der Waals surface area contributed by atoms with Gasteiger partial charge in [-0.25, -0.2) is 4.99 Å². The van der Waals surface area contributed by atoms with Crippen molar-refractivity contribution in [2.75, 3.05) is 0 Å². The first-order valence-corrected chi connectivity index (χ1v) is 11.1. The van der Waals surface area contributed by atoms with Crippen molar-refractivity contribution in [1.82, 2.24) is 0 Å². The smallest absolute Gasteiger partial charge is 0.136 e. The summed E-state index contributed by atoms with van der Waals surface area (Å²) in [4.78, 5) is 4.51. The van der Waals surface area contributed by atoms with Crippen molar-refractivity contribution in [1.29, 1.82) is 0 Å². The molecule has 0 radical (unpaired) electrons. The first-order chi connectivity index (χ1) is 13.3. The Balaban J connectivity index is 1.62. The lowest BCUT2D eigenvalue weighted by Gasteiger charge is -2.04. The van der Waals surface area contributed by atoms with Crippen molar-refractivity contribution < 1.29 is 0 Å². The number of hydrogen-bond acceptors (Lipinski definition) is 1. The Hall–Kier alpha value is -1.60. The molecule has 0 saturated carbocycles. The largest absolute Gasteiger partial charge is 0.236 e. The van der Waals surface area contributed by atoms with Crippen LogP contribution >= 0.6 is 11.6 Å². The Bertz CT molecular complexity index is 646. The highest BCUT2D eigenvalue weighted by atomic mass is 35.5. The normalized spacial score (nSPS) is 11.7. The number of halogens is 1. The van der Waals surface area contributed by atoms with E-state index in [1.54, 1.807) is 0 Å². The number of aryl methyl sites for hydroxylation is 1. The van der Waals surface area contributed by atoms with Gasteiger partial charge in [0.2, 0.25) is 0 Å². The molecule has 27 heavy (non-hydrogen) atoms. The number of benzene rings is 2. The molecule has 0 saturated heterocycles. The summed E-state index contributed by atoms with van der Waals surface area (Å²) in [5.41, 5.74) is 3.26. The number of aliphatic imine (C=N–C) groups is 1. The zero-order valence-electron chi connectivity index (χ0n) is 16.8. The molecule has 0 fully saturated rings. The summed E-state index contributed by atoms with van der Waals surface area (Å²) in [6.07, 6.45) is 15.0. The highest BCUT2D eigenvalue weighted by Gasteiger charge is 2.00. The van der Waals surface area contributed by atoms with Crippen LogP contribution < -0.4 is 0 Å². The minimum Gasteiger partial charge on any atom is -0.236 e. The van der Waals surface area contributed by atoms with Gasteiger partial charge < -0.3 is 0 Å². The molecule has 0 spiro atoms. The van der Waals surface area contributed by atoms with Gasteiger partial charge in [0.1, 0.15) is 5.17 Å². The van der Waals surface area contributed by atoms with E-state index < -0.39 is 0 Å². The minimum atomic E-state index is 0.540. The van der Waals surface area contributed by atoms with Crippen molar-refractivity contribution in [3.8, 4) is 0 Å². The van der Waals surface area contributed by atoms with Crippen LogP contribution in [0.1, 0.15) is 82.3 Å². The third-order valence-corrected chi connectivity index (χ3v) is 5.30. The first kappa shape index (κ1) is 21.7. The predicted octanol–water partition coefficient (Wildman–Crippen LogP) is 8.47. The van der Waals surface area contributed by atoms with Crippen molar-refractivity contribution in [3.63, 3.8) is 0 Å². The Kier molecular flexibility index (Phi) is 10.9. The van der Waals surface area contributed by atoms with Crippen molar-refractivity contribution in [2.45, 2.75) is 77.6 Å². The Morgan fingerprint density at radius 1 is 0.704 bits per heavy atom. The van der Waals surface area contributed by atoms with E-state index >= 15 is 0 Å². The molecule has 2 aromatic rings. The molecule has 0 unspecified atom stereocenters. The van der Waals surface area contributed by atoms with E-state index in [2.05, 4.69) is 36.2 Å². The second kappa shape index (κ2) is 13.6. The highest BCUT2D eigenvalue weighted by Crippen LogP contribution is 2.18. The standard InChI is InChI=1S/C25H34ClN/c1-2-3-4-5-6-7-8-9-10-12-15-22-18-20-24(21-19-22)27-25(26)23-16-13-11-14-17-23/h11,13-14,16-21H,2-10,12,15H2,1H3. The lowest BCUT2D eigenvalue weighted by molar-refractivity contribution is 0.556. The van der Waals surface area contributed by atoms with Crippen molar-refractivity contribution in [2.24, 2.45) is 4.99 Å². The van der Waals surface area contributed by atoms with Gasteiger partial charge in [-0.1, -0.05) is 119 Å². The number of hydrogen-bond donors (Lipinski definition) is 0. The SMILES string of the molecule is CCCCCCCCCCCCc1ccc(N=C(Cl)c2ccccc2)cc1. The molecule has 0 bridgehead atoms. The van der Waals surface area contributed by atoms with Gasteiger partial charge >= 0.3 is 0 Å². The summed E-state index contributed by atoms with van der Waals surface area (Å²) >= 11 is 6.31. The predicted molar refractivity (Wildman–Crippen MR) is 120 cm³/mol. The van der Waals surface area contributed by atoms with E-state index in [1.807, 2.05) is 30.3 Å². The minimum absolute atomic E-state index is 0.540. The zero-order valence-corrected chi connectivity index (χ0v) is 17.6. The molecular weight excluding hydrogens is 350 g/mol. The molecule has 0 atom stereocenters. The summed E-state index contributed by atoms with van der Waals surface area (Å²) < 4.78 is 0. The molecule has 2 heteroatoms. The highest BCUT2D eigenvalue weighted by molar-refractivity contribution is 6.69. The molecule has 2 aromatic carbocycles. The monoisotopic (exact) mass is 383 g/mol. The van der Waals surface area contributed by atoms with E-state index in [9.17, 15) is 0 Å². The van der Waals surface area contributed by atoms with Crippen LogP contribution in [0.4, 0.5) is 5.69 Å². The van der Waals surface area contributed by atoms with Crippen LogP contribution in [-0.2, 0) is 6.42 Å². The van der Waals surface area contributed by atoms with Crippen LogP contribution in [0.2, 0.25) is 0 Å². The molecule has 0 aliphatic heterocycles. The molecule has 0 amide bonds. The maximum absolute atomic E-state index is 6.31. The quantitative estimate of drug-likeness (QED) is 0.243. The molecule has 0 heterocycles. The van der Waals surface area contributed by atoms with Gasteiger partial charge in [0, 0.05) is 5.56 Å². The lowest BCUT2D eigenvalue weighted by Crippen LogP contribution is -1.89. The van der Waals surface area contributed by atoms with E-state index in [0.29, 0.717) is 5.17 Å². The molecule has 1 nitrogen and oxygen atoms in total. The molecular formula is C25H34ClN. The van der Waals surface area contributed by atoms with Gasteiger partial charge in [-0.3, -0.25) is 0 Å². The van der Waals surface area contributed by atoms with Gasteiger partial charge in [0.05, 0.1) is 5.69 Å². The van der Waals surface area contributed by atoms with E-state index in [-0.39, 0.29) is 0 Å². The van der Waals surface area contributed by atoms with Crippen LogP contribution in [0.25, 0.3) is 0 Å².